The monoisotopic (exact) mass is 331 g/mol. The van der Waals surface area contributed by atoms with Gasteiger partial charge in [0.05, 0.1) is 6.54 Å². The van der Waals surface area contributed by atoms with E-state index in [2.05, 4.69) is 43.4 Å². The Morgan fingerprint density at radius 2 is 1.75 bits per heavy atom. The van der Waals surface area contributed by atoms with E-state index >= 15 is 0 Å². The standard InChI is InChI=1S/C19H29N3O2/c1-15(2)17-9-7-16(8-10-17)14-21(3)19(24)20-13-18(23)22-11-5-4-6-12-22/h7-10,15H,4-6,11-14H2,1-3H3,(H,20,24). The Labute approximate surface area is 145 Å². The minimum absolute atomic E-state index is 0.0118. The minimum Gasteiger partial charge on any atom is -0.341 e. The van der Waals surface area contributed by atoms with E-state index < -0.39 is 0 Å². The van der Waals surface area contributed by atoms with Gasteiger partial charge in [-0.15, -0.1) is 0 Å². The van der Waals surface area contributed by atoms with Gasteiger partial charge < -0.3 is 15.1 Å². The van der Waals surface area contributed by atoms with E-state index in [9.17, 15) is 9.59 Å². The molecule has 0 spiro atoms. The van der Waals surface area contributed by atoms with Crippen molar-refractivity contribution in [3.8, 4) is 0 Å². The first-order chi connectivity index (χ1) is 11.5. The van der Waals surface area contributed by atoms with Crippen LogP contribution in [0.15, 0.2) is 24.3 Å². The Kier molecular flexibility index (Phi) is 6.64. The molecule has 0 aromatic heterocycles. The second-order valence-electron chi connectivity index (χ2n) is 6.85. The lowest BCUT2D eigenvalue weighted by Gasteiger charge is -2.27. The number of nitrogens with zero attached hydrogens (tertiary/aromatic N) is 2. The third-order valence-corrected chi connectivity index (χ3v) is 4.51. The van der Waals surface area contributed by atoms with Gasteiger partial charge in [0.1, 0.15) is 0 Å². The highest BCUT2D eigenvalue weighted by Gasteiger charge is 2.18. The summed E-state index contributed by atoms with van der Waals surface area (Å²) in [6, 6.07) is 8.10. The van der Waals surface area contributed by atoms with Crippen molar-refractivity contribution in [3.63, 3.8) is 0 Å². The third kappa shape index (κ3) is 5.25. The molecule has 1 aromatic carbocycles. The normalized spacial score (nSPS) is 14.6. The molecule has 1 N–H and O–H groups in total. The number of nitrogens with one attached hydrogen (secondary N) is 1. The number of amides is 3. The molecule has 24 heavy (non-hydrogen) atoms. The highest BCUT2D eigenvalue weighted by molar-refractivity contribution is 5.84. The molecule has 0 saturated carbocycles. The van der Waals surface area contributed by atoms with Crippen LogP contribution in [-0.4, -0.2) is 48.4 Å². The average molecular weight is 331 g/mol. The van der Waals surface area contributed by atoms with Crippen molar-refractivity contribution >= 4 is 11.9 Å². The van der Waals surface area contributed by atoms with Gasteiger partial charge in [0.25, 0.3) is 0 Å². The fourth-order valence-corrected chi connectivity index (χ4v) is 2.89. The van der Waals surface area contributed by atoms with Gasteiger partial charge in [-0.3, -0.25) is 4.79 Å². The van der Waals surface area contributed by atoms with Crippen LogP contribution in [0, 0.1) is 0 Å². The quantitative estimate of drug-likeness (QED) is 0.902. The predicted molar refractivity (Wildman–Crippen MR) is 95.8 cm³/mol. The Morgan fingerprint density at radius 3 is 2.33 bits per heavy atom. The summed E-state index contributed by atoms with van der Waals surface area (Å²) in [6.07, 6.45) is 3.31. The molecule has 1 aromatic rings. The summed E-state index contributed by atoms with van der Waals surface area (Å²) in [6.45, 7) is 6.55. The van der Waals surface area contributed by atoms with Gasteiger partial charge in [-0.1, -0.05) is 38.1 Å². The number of benzene rings is 1. The number of piperidine rings is 1. The lowest BCUT2D eigenvalue weighted by Crippen LogP contribution is -2.45. The molecule has 2 rings (SSSR count). The number of carbonyl (C=O) groups is 2. The van der Waals surface area contributed by atoms with Crippen LogP contribution in [0.3, 0.4) is 0 Å². The molecule has 3 amide bonds. The zero-order chi connectivity index (χ0) is 17.5. The minimum atomic E-state index is -0.215. The van der Waals surface area contributed by atoms with Gasteiger partial charge in [-0.2, -0.15) is 0 Å². The van der Waals surface area contributed by atoms with Crippen LogP contribution >= 0.6 is 0 Å². The van der Waals surface area contributed by atoms with E-state index in [0.29, 0.717) is 12.5 Å². The zero-order valence-corrected chi connectivity index (χ0v) is 15.0. The van der Waals surface area contributed by atoms with Gasteiger partial charge in [0.2, 0.25) is 5.91 Å². The molecule has 0 unspecified atom stereocenters. The van der Waals surface area contributed by atoms with Gasteiger partial charge in [-0.25, -0.2) is 4.79 Å². The van der Waals surface area contributed by atoms with Crippen LogP contribution in [-0.2, 0) is 11.3 Å². The number of urea groups is 1. The fraction of sp³-hybridized carbons (Fsp3) is 0.579. The van der Waals surface area contributed by atoms with Crippen LogP contribution in [0.4, 0.5) is 4.79 Å². The molecule has 1 fully saturated rings. The highest BCUT2D eigenvalue weighted by Crippen LogP contribution is 2.15. The van der Waals surface area contributed by atoms with Crippen molar-refractivity contribution in [3.05, 3.63) is 35.4 Å². The molecule has 0 radical (unpaired) electrons. The molecule has 1 aliphatic rings. The molecule has 5 nitrogen and oxygen atoms in total. The molecule has 0 atom stereocenters. The Hall–Kier alpha value is -2.04. The fourth-order valence-electron chi connectivity index (χ4n) is 2.89. The Morgan fingerprint density at radius 1 is 1.12 bits per heavy atom. The Balaban J connectivity index is 1.78. The molecule has 1 saturated heterocycles. The summed E-state index contributed by atoms with van der Waals surface area (Å²) in [4.78, 5) is 27.7. The second kappa shape index (κ2) is 8.71. The van der Waals surface area contributed by atoms with Gasteiger partial charge in [0.15, 0.2) is 0 Å². The van der Waals surface area contributed by atoms with Crippen molar-refractivity contribution in [1.82, 2.24) is 15.1 Å². The molecular formula is C19H29N3O2. The van der Waals surface area contributed by atoms with E-state index in [1.807, 2.05) is 4.90 Å². The molecule has 132 valence electrons. The van der Waals surface area contributed by atoms with Crippen LogP contribution in [0.1, 0.15) is 50.2 Å². The lowest BCUT2D eigenvalue weighted by atomic mass is 10.0. The van der Waals surface area contributed by atoms with E-state index in [0.717, 1.165) is 31.5 Å². The maximum absolute atomic E-state index is 12.2. The van der Waals surface area contributed by atoms with Gasteiger partial charge in [-0.05, 0) is 36.3 Å². The summed E-state index contributed by atoms with van der Waals surface area (Å²) in [7, 11) is 1.75. The van der Waals surface area contributed by atoms with Gasteiger partial charge in [0, 0.05) is 26.7 Å². The summed E-state index contributed by atoms with van der Waals surface area (Å²) in [5, 5.41) is 2.73. The maximum atomic E-state index is 12.2. The molecule has 1 heterocycles. The van der Waals surface area contributed by atoms with Crippen molar-refractivity contribution in [1.29, 1.82) is 0 Å². The first-order valence-electron chi connectivity index (χ1n) is 8.83. The number of rotatable bonds is 5. The smallest absolute Gasteiger partial charge is 0.317 e. The number of hydrogen-bond donors (Lipinski definition) is 1. The molecule has 0 aliphatic carbocycles. The van der Waals surface area contributed by atoms with E-state index in [-0.39, 0.29) is 18.5 Å². The summed E-state index contributed by atoms with van der Waals surface area (Å²) in [5.74, 6) is 0.513. The van der Waals surface area contributed by atoms with Crippen LogP contribution in [0.5, 0.6) is 0 Å². The van der Waals surface area contributed by atoms with Gasteiger partial charge >= 0.3 is 6.03 Å². The molecular weight excluding hydrogens is 302 g/mol. The second-order valence-corrected chi connectivity index (χ2v) is 6.85. The van der Waals surface area contributed by atoms with E-state index in [1.165, 1.54) is 12.0 Å². The first-order valence-corrected chi connectivity index (χ1v) is 8.83. The Bertz CT molecular complexity index is 548. The van der Waals surface area contributed by atoms with Crippen LogP contribution in [0.2, 0.25) is 0 Å². The van der Waals surface area contributed by atoms with Crippen molar-refractivity contribution in [2.75, 3.05) is 26.7 Å². The summed E-state index contributed by atoms with van der Waals surface area (Å²) in [5.41, 5.74) is 2.37. The SMILES string of the molecule is CC(C)c1ccc(CN(C)C(=O)NCC(=O)N2CCCCC2)cc1. The van der Waals surface area contributed by atoms with E-state index in [1.54, 1.807) is 11.9 Å². The average Bonchev–Trinajstić information content (AvgIpc) is 2.60. The molecule has 5 heteroatoms. The lowest BCUT2D eigenvalue weighted by molar-refractivity contribution is -0.130. The highest BCUT2D eigenvalue weighted by atomic mass is 16.2. The number of likely N-dealkylation sites (tertiary alicyclic amines) is 1. The summed E-state index contributed by atoms with van der Waals surface area (Å²) < 4.78 is 0. The first kappa shape index (κ1) is 18.3. The largest absolute Gasteiger partial charge is 0.341 e. The number of carbonyl (C=O) groups excluding carboxylic acids is 2. The van der Waals surface area contributed by atoms with Crippen molar-refractivity contribution in [2.24, 2.45) is 0 Å². The summed E-state index contributed by atoms with van der Waals surface area (Å²) >= 11 is 0. The maximum Gasteiger partial charge on any atom is 0.317 e. The van der Waals surface area contributed by atoms with Crippen molar-refractivity contribution in [2.45, 2.75) is 45.6 Å². The van der Waals surface area contributed by atoms with Crippen LogP contribution in [0.25, 0.3) is 0 Å². The predicted octanol–water partition coefficient (Wildman–Crippen LogP) is 2.96. The van der Waals surface area contributed by atoms with Crippen molar-refractivity contribution < 1.29 is 9.59 Å². The molecule has 0 bridgehead atoms. The molecule has 1 aliphatic heterocycles. The number of hydrogen-bond acceptors (Lipinski definition) is 2. The topological polar surface area (TPSA) is 52.7 Å². The third-order valence-electron chi connectivity index (χ3n) is 4.51. The van der Waals surface area contributed by atoms with E-state index in [4.69, 9.17) is 0 Å². The zero-order valence-electron chi connectivity index (χ0n) is 15.0. The van der Waals surface area contributed by atoms with Crippen LogP contribution < -0.4 is 5.32 Å².